The van der Waals surface area contributed by atoms with Gasteiger partial charge in [-0.05, 0) is 24.6 Å². The highest BCUT2D eigenvalue weighted by atomic mass is 19.1. The Kier molecular flexibility index (Phi) is 3.19. The number of benzene rings is 1. The molecule has 0 aliphatic heterocycles. The van der Waals surface area contributed by atoms with Crippen LogP contribution in [0.3, 0.4) is 0 Å². The third kappa shape index (κ3) is 2.34. The van der Waals surface area contributed by atoms with E-state index >= 15 is 0 Å². The normalized spacial score (nSPS) is 12.7. The van der Waals surface area contributed by atoms with Gasteiger partial charge in [0.2, 0.25) is 0 Å². The fourth-order valence-corrected chi connectivity index (χ4v) is 1.81. The highest BCUT2D eigenvalue weighted by Gasteiger charge is 2.19. The monoisotopic (exact) mass is 237 g/mol. The number of nitrogens with two attached hydrogens (primary N) is 1. The summed E-state index contributed by atoms with van der Waals surface area (Å²) in [6.45, 7) is 2.07. The molecule has 1 unspecified atom stereocenters. The molecule has 5 heteroatoms. The number of aromatic nitrogens is 2. The first-order valence-corrected chi connectivity index (χ1v) is 5.28. The molecule has 0 amide bonds. The van der Waals surface area contributed by atoms with Gasteiger partial charge in [0, 0.05) is 24.2 Å². The second kappa shape index (κ2) is 4.63. The Morgan fingerprint density at radius 3 is 2.65 bits per heavy atom. The van der Waals surface area contributed by atoms with Crippen molar-refractivity contribution in [2.24, 2.45) is 5.73 Å². The van der Waals surface area contributed by atoms with E-state index in [-0.39, 0.29) is 12.5 Å². The Balaban J connectivity index is 2.42. The summed E-state index contributed by atoms with van der Waals surface area (Å²) in [5.41, 5.74) is 7.54. The van der Waals surface area contributed by atoms with Crippen LogP contribution < -0.4 is 5.73 Å². The number of hydrogen-bond donors (Lipinski definition) is 2. The van der Waals surface area contributed by atoms with Crippen molar-refractivity contribution in [1.29, 1.82) is 0 Å². The van der Waals surface area contributed by atoms with E-state index in [0.717, 1.165) is 11.8 Å². The molecule has 0 bridgehead atoms. The zero-order chi connectivity index (χ0) is 12.4. The maximum atomic E-state index is 13.6. The molecule has 0 aliphatic rings. The highest BCUT2D eigenvalue weighted by Crippen LogP contribution is 2.25. The van der Waals surface area contributed by atoms with Gasteiger partial charge in [-0.2, -0.15) is 5.10 Å². The summed E-state index contributed by atoms with van der Waals surface area (Å²) in [6, 6.07) is 5.30. The lowest BCUT2D eigenvalue weighted by atomic mass is 9.95. The SMILES string of the molecule is Cc1cc(C(CN)c2ccc(F)cc2F)n[nH]1. The molecular formula is C12H13F2N3. The minimum Gasteiger partial charge on any atom is -0.329 e. The Labute approximate surface area is 97.7 Å². The fourth-order valence-electron chi connectivity index (χ4n) is 1.81. The number of rotatable bonds is 3. The third-order valence-electron chi connectivity index (χ3n) is 2.66. The number of aryl methyl sites for hydroxylation is 1. The predicted octanol–water partition coefficient (Wildman–Crippen LogP) is 2.09. The number of aromatic amines is 1. The fraction of sp³-hybridized carbons (Fsp3) is 0.250. The number of H-pyrrole nitrogens is 1. The van der Waals surface area contributed by atoms with Crippen molar-refractivity contribution < 1.29 is 8.78 Å². The lowest BCUT2D eigenvalue weighted by Gasteiger charge is -2.13. The van der Waals surface area contributed by atoms with Crippen LogP contribution in [0.15, 0.2) is 24.3 Å². The Morgan fingerprint density at radius 1 is 1.35 bits per heavy atom. The van der Waals surface area contributed by atoms with Crippen molar-refractivity contribution in [2.45, 2.75) is 12.8 Å². The van der Waals surface area contributed by atoms with Crippen molar-refractivity contribution in [1.82, 2.24) is 10.2 Å². The van der Waals surface area contributed by atoms with Gasteiger partial charge in [-0.3, -0.25) is 5.10 Å². The van der Waals surface area contributed by atoms with Gasteiger partial charge in [-0.15, -0.1) is 0 Å². The zero-order valence-corrected chi connectivity index (χ0v) is 9.37. The van der Waals surface area contributed by atoms with E-state index in [0.29, 0.717) is 11.3 Å². The lowest BCUT2D eigenvalue weighted by molar-refractivity contribution is 0.563. The second-order valence-electron chi connectivity index (χ2n) is 3.93. The first-order valence-electron chi connectivity index (χ1n) is 5.28. The van der Waals surface area contributed by atoms with Crippen molar-refractivity contribution in [3.8, 4) is 0 Å². The van der Waals surface area contributed by atoms with Crippen molar-refractivity contribution in [2.75, 3.05) is 6.54 Å². The third-order valence-corrected chi connectivity index (χ3v) is 2.66. The molecule has 0 saturated heterocycles. The number of halogens is 2. The topological polar surface area (TPSA) is 54.7 Å². The molecule has 1 aromatic heterocycles. The molecule has 1 aromatic carbocycles. The molecule has 3 nitrogen and oxygen atoms in total. The van der Waals surface area contributed by atoms with Gasteiger partial charge in [0.05, 0.1) is 5.69 Å². The van der Waals surface area contributed by atoms with Crippen LogP contribution in [0.5, 0.6) is 0 Å². The van der Waals surface area contributed by atoms with Gasteiger partial charge < -0.3 is 5.73 Å². The first kappa shape index (κ1) is 11.7. The van der Waals surface area contributed by atoms with E-state index < -0.39 is 11.6 Å². The number of hydrogen-bond acceptors (Lipinski definition) is 2. The maximum Gasteiger partial charge on any atom is 0.130 e. The van der Waals surface area contributed by atoms with Crippen LogP contribution in [0.1, 0.15) is 22.9 Å². The summed E-state index contributed by atoms with van der Waals surface area (Å²) in [4.78, 5) is 0. The van der Waals surface area contributed by atoms with Crippen LogP contribution in [-0.2, 0) is 0 Å². The minimum absolute atomic E-state index is 0.215. The van der Waals surface area contributed by atoms with Crippen molar-refractivity contribution in [3.63, 3.8) is 0 Å². The Bertz CT molecular complexity index is 522. The van der Waals surface area contributed by atoms with Gasteiger partial charge in [0.25, 0.3) is 0 Å². The molecule has 90 valence electrons. The van der Waals surface area contributed by atoms with Crippen LogP contribution in [0, 0.1) is 18.6 Å². The zero-order valence-electron chi connectivity index (χ0n) is 9.37. The molecule has 1 heterocycles. The van der Waals surface area contributed by atoms with Gasteiger partial charge in [-0.25, -0.2) is 8.78 Å². The summed E-state index contributed by atoms with van der Waals surface area (Å²) >= 11 is 0. The molecule has 0 aliphatic carbocycles. The van der Waals surface area contributed by atoms with Gasteiger partial charge >= 0.3 is 0 Å². The molecule has 3 N–H and O–H groups in total. The Morgan fingerprint density at radius 2 is 2.12 bits per heavy atom. The second-order valence-corrected chi connectivity index (χ2v) is 3.93. The van der Waals surface area contributed by atoms with E-state index in [9.17, 15) is 8.78 Å². The summed E-state index contributed by atoms with van der Waals surface area (Å²) in [5.74, 6) is -1.55. The smallest absolute Gasteiger partial charge is 0.130 e. The van der Waals surface area contributed by atoms with Gasteiger partial charge in [0.1, 0.15) is 11.6 Å². The van der Waals surface area contributed by atoms with Crippen molar-refractivity contribution >= 4 is 0 Å². The molecular weight excluding hydrogens is 224 g/mol. The highest BCUT2D eigenvalue weighted by molar-refractivity contribution is 5.31. The Hall–Kier alpha value is -1.75. The molecule has 0 saturated carbocycles. The van der Waals surface area contributed by atoms with E-state index in [1.54, 1.807) is 6.07 Å². The summed E-state index contributed by atoms with van der Waals surface area (Å²) in [5, 5.41) is 6.84. The quantitative estimate of drug-likeness (QED) is 0.858. The molecule has 2 aromatic rings. The van der Waals surface area contributed by atoms with E-state index in [1.807, 2.05) is 6.92 Å². The van der Waals surface area contributed by atoms with Crippen LogP contribution in [0.2, 0.25) is 0 Å². The van der Waals surface area contributed by atoms with E-state index in [2.05, 4.69) is 10.2 Å². The average Bonchev–Trinajstić information content (AvgIpc) is 2.69. The van der Waals surface area contributed by atoms with Crippen LogP contribution in [-0.4, -0.2) is 16.7 Å². The number of nitrogens with one attached hydrogen (secondary N) is 1. The molecule has 1 atom stereocenters. The van der Waals surface area contributed by atoms with Crippen LogP contribution >= 0.6 is 0 Å². The van der Waals surface area contributed by atoms with Crippen LogP contribution in [0.4, 0.5) is 8.78 Å². The molecule has 2 rings (SSSR count). The molecule has 0 radical (unpaired) electrons. The maximum absolute atomic E-state index is 13.6. The summed E-state index contributed by atoms with van der Waals surface area (Å²) in [7, 11) is 0. The summed E-state index contributed by atoms with van der Waals surface area (Å²) in [6.07, 6.45) is 0. The van der Waals surface area contributed by atoms with Gasteiger partial charge in [0.15, 0.2) is 0 Å². The largest absolute Gasteiger partial charge is 0.329 e. The van der Waals surface area contributed by atoms with Gasteiger partial charge in [-0.1, -0.05) is 6.07 Å². The lowest BCUT2D eigenvalue weighted by Crippen LogP contribution is -2.15. The number of nitrogens with zero attached hydrogens (tertiary/aromatic N) is 1. The standard InChI is InChI=1S/C12H13F2N3/c1-7-4-12(17-16-7)10(6-15)9-3-2-8(13)5-11(9)14/h2-5,10H,6,15H2,1H3,(H,16,17). The van der Waals surface area contributed by atoms with E-state index in [4.69, 9.17) is 5.73 Å². The minimum atomic E-state index is -0.597. The van der Waals surface area contributed by atoms with Crippen molar-refractivity contribution in [3.05, 3.63) is 52.9 Å². The molecule has 0 fully saturated rings. The van der Waals surface area contributed by atoms with E-state index in [1.165, 1.54) is 12.1 Å². The summed E-state index contributed by atoms with van der Waals surface area (Å²) < 4.78 is 26.5. The molecule has 17 heavy (non-hydrogen) atoms. The first-order chi connectivity index (χ1) is 8.11. The predicted molar refractivity (Wildman–Crippen MR) is 60.6 cm³/mol. The molecule has 0 spiro atoms. The average molecular weight is 237 g/mol. The van der Waals surface area contributed by atoms with Crippen LogP contribution in [0.25, 0.3) is 0 Å².